The number of methoxy groups -OCH3 is 1. The third kappa shape index (κ3) is 5.81. The molecule has 11 nitrogen and oxygen atoms in total. The number of aromatic nitrogens is 6. The molecule has 3 heterocycles. The number of benzene rings is 2. The molecule has 1 fully saturated rings. The van der Waals surface area contributed by atoms with E-state index in [0.29, 0.717) is 23.8 Å². The molecule has 0 aliphatic carbocycles. The van der Waals surface area contributed by atoms with E-state index in [1.807, 2.05) is 25.1 Å². The Morgan fingerprint density at radius 2 is 1.84 bits per heavy atom. The SMILES string of the molecule is COc1cc(N2CCCCC2)ccc1Nc1ncc(-c2ccc(C#N)c(O[C@@H](C)Cn3cnnn3)c2)cn1. The second kappa shape index (κ2) is 11.6. The van der Waals surface area contributed by atoms with Crippen LogP contribution < -0.4 is 19.7 Å². The summed E-state index contributed by atoms with van der Waals surface area (Å²) in [5.74, 6) is 1.68. The highest BCUT2D eigenvalue weighted by atomic mass is 16.5. The van der Waals surface area contributed by atoms with Crippen LogP contribution in [0.4, 0.5) is 17.3 Å². The lowest BCUT2D eigenvalue weighted by atomic mass is 10.1. The molecule has 11 heteroatoms. The Labute approximate surface area is 221 Å². The predicted octanol–water partition coefficient (Wildman–Crippen LogP) is 4.21. The van der Waals surface area contributed by atoms with Crippen LogP contribution in [0.2, 0.25) is 0 Å². The van der Waals surface area contributed by atoms with E-state index in [0.717, 1.165) is 41.3 Å². The summed E-state index contributed by atoms with van der Waals surface area (Å²) in [7, 11) is 1.67. The summed E-state index contributed by atoms with van der Waals surface area (Å²) in [6.07, 6.45) is 8.47. The van der Waals surface area contributed by atoms with Crippen molar-refractivity contribution in [3.8, 4) is 28.7 Å². The van der Waals surface area contributed by atoms with Crippen LogP contribution in [0, 0.1) is 11.3 Å². The topological polar surface area (TPSA) is 127 Å². The van der Waals surface area contributed by atoms with Gasteiger partial charge in [-0.25, -0.2) is 14.6 Å². The van der Waals surface area contributed by atoms with E-state index in [4.69, 9.17) is 9.47 Å². The number of nitriles is 1. The predicted molar refractivity (Wildman–Crippen MR) is 142 cm³/mol. The fraction of sp³-hybridized carbons (Fsp3) is 0.333. The van der Waals surface area contributed by atoms with Gasteiger partial charge in [0.25, 0.3) is 0 Å². The van der Waals surface area contributed by atoms with Crippen molar-refractivity contribution in [3.05, 3.63) is 60.7 Å². The van der Waals surface area contributed by atoms with E-state index in [9.17, 15) is 5.26 Å². The van der Waals surface area contributed by atoms with Crippen molar-refractivity contribution in [1.82, 2.24) is 30.2 Å². The van der Waals surface area contributed by atoms with Crippen LogP contribution in [0.5, 0.6) is 11.5 Å². The van der Waals surface area contributed by atoms with Crippen molar-refractivity contribution >= 4 is 17.3 Å². The van der Waals surface area contributed by atoms with Crippen LogP contribution >= 0.6 is 0 Å². The standard InChI is InChI=1S/C27H29N9O2/c1-19(17-36-18-31-33-34-36)38-25-12-20(6-7-21(25)14-28)22-15-29-27(30-16-22)32-24-9-8-23(13-26(24)37-2)35-10-4-3-5-11-35/h6-9,12-13,15-16,18-19H,3-5,10-11,17H2,1-2H3,(H,29,30,32)/t19-/m0/s1. The van der Waals surface area contributed by atoms with Gasteiger partial charge in [-0.3, -0.25) is 0 Å². The van der Waals surface area contributed by atoms with Gasteiger partial charge in [-0.2, -0.15) is 5.26 Å². The molecular weight excluding hydrogens is 482 g/mol. The molecule has 38 heavy (non-hydrogen) atoms. The third-order valence-electron chi connectivity index (χ3n) is 6.40. The molecule has 1 aliphatic rings. The lowest BCUT2D eigenvalue weighted by Crippen LogP contribution is -2.29. The molecular formula is C27H29N9O2. The van der Waals surface area contributed by atoms with Gasteiger partial charge in [0.15, 0.2) is 0 Å². The summed E-state index contributed by atoms with van der Waals surface area (Å²) in [5, 5.41) is 23.9. The summed E-state index contributed by atoms with van der Waals surface area (Å²) in [5.41, 5.74) is 4.03. The van der Waals surface area contributed by atoms with Gasteiger partial charge in [0.2, 0.25) is 5.95 Å². The largest absolute Gasteiger partial charge is 0.494 e. The van der Waals surface area contributed by atoms with Crippen LogP contribution in [0.3, 0.4) is 0 Å². The summed E-state index contributed by atoms with van der Waals surface area (Å²) in [6.45, 7) is 4.49. The molecule has 5 rings (SSSR count). The smallest absolute Gasteiger partial charge is 0.227 e. The van der Waals surface area contributed by atoms with E-state index in [1.165, 1.54) is 25.6 Å². The Morgan fingerprint density at radius 3 is 2.55 bits per heavy atom. The number of hydrogen-bond acceptors (Lipinski definition) is 10. The third-order valence-corrected chi connectivity index (χ3v) is 6.40. The average molecular weight is 512 g/mol. The highest BCUT2D eigenvalue weighted by Crippen LogP contribution is 2.33. The first kappa shape index (κ1) is 25.0. The van der Waals surface area contributed by atoms with Crippen LogP contribution in [-0.4, -0.2) is 56.5 Å². The van der Waals surface area contributed by atoms with Crippen molar-refractivity contribution in [2.45, 2.75) is 38.8 Å². The van der Waals surface area contributed by atoms with Gasteiger partial charge >= 0.3 is 0 Å². The highest BCUT2D eigenvalue weighted by molar-refractivity contribution is 5.70. The van der Waals surface area contributed by atoms with Crippen molar-refractivity contribution < 1.29 is 9.47 Å². The van der Waals surface area contributed by atoms with Gasteiger partial charge in [0, 0.05) is 42.8 Å². The minimum atomic E-state index is -0.250. The van der Waals surface area contributed by atoms with Gasteiger partial charge in [-0.15, -0.1) is 5.10 Å². The van der Waals surface area contributed by atoms with E-state index in [2.05, 4.69) is 53.9 Å². The highest BCUT2D eigenvalue weighted by Gasteiger charge is 2.15. The quantitative estimate of drug-likeness (QED) is 0.349. The number of ether oxygens (including phenoxy) is 2. The zero-order valence-corrected chi connectivity index (χ0v) is 21.4. The van der Waals surface area contributed by atoms with Crippen LogP contribution in [-0.2, 0) is 6.54 Å². The second-order valence-corrected chi connectivity index (χ2v) is 9.14. The van der Waals surface area contributed by atoms with Crippen LogP contribution in [0.1, 0.15) is 31.7 Å². The summed E-state index contributed by atoms with van der Waals surface area (Å²) < 4.78 is 13.3. The van der Waals surface area contributed by atoms with Crippen LogP contribution in [0.15, 0.2) is 55.1 Å². The first-order valence-electron chi connectivity index (χ1n) is 12.6. The molecule has 194 valence electrons. The lowest BCUT2D eigenvalue weighted by Gasteiger charge is -2.29. The van der Waals surface area contributed by atoms with Gasteiger partial charge in [-0.1, -0.05) is 6.07 Å². The molecule has 1 saturated heterocycles. The number of tetrazole rings is 1. The fourth-order valence-electron chi connectivity index (χ4n) is 4.47. The van der Waals surface area contributed by atoms with Crippen molar-refractivity contribution in [2.24, 2.45) is 0 Å². The molecule has 1 aliphatic heterocycles. The normalized spacial score (nSPS) is 14.0. The maximum absolute atomic E-state index is 9.55. The Hall–Kier alpha value is -4.72. The maximum Gasteiger partial charge on any atom is 0.227 e. The molecule has 1 N–H and O–H groups in total. The number of piperidine rings is 1. The Morgan fingerprint density at radius 1 is 1.03 bits per heavy atom. The monoisotopic (exact) mass is 511 g/mol. The van der Waals surface area contributed by atoms with Gasteiger partial charge in [0.05, 0.1) is 24.9 Å². The number of hydrogen-bond donors (Lipinski definition) is 1. The molecule has 0 bridgehead atoms. The zero-order valence-electron chi connectivity index (χ0n) is 21.4. The minimum Gasteiger partial charge on any atom is -0.494 e. The first-order valence-corrected chi connectivity index (χ1v) is 12.6. The van der Waals surface area contributed by atoms with Gasteiger partial charge in [0.1, 0.15) is 30.0 Å². The van der Waals surface area contributed by atoms with Crippen molar-refractivity contribution in [2.75, 3.05) is 30.4 Å². The molecule has 0 saturated carbocycles. The first-order chi connectivity index (χ1) is 18.6. The Bertz CT molecular complexity index is 1400. The number of rotatable bonds is 9. The molecule has 2 aromatic heterocycles. The number of nitrogens with one attached hydrogen (secondary N) is 1. The van der Waals surface area contributed by atoms with Gasteiger partial charge in [-0.05, 0) is 66.4 Å². The zero-order chi connectivity index (χ0) is 26.3. The maximum atomic E-state index is 9.55. The molecule has 0 amide bonds. The lowest BCUT2D eigenvalue weighted by molar-refractivity contribution is 0.192. The number of nitrogens with zero attached hydrogens (tertiary/aromatic N) is 8. The molecule has 0 spiro atoms. The summed E-state index contributed by atoms with van der Waals surface area (Å²) in [6, 6.07) is 13.7. The average Bonchev–Trinajstić information content (AvgIpc) is 3.47. The Kier molecular flexibility index (Phi) is 7.59. The molecule has 0 radical (unpaired) electrons. The van der Waals surface area contributed by atoms with Gasteiger partial charge < -0.3 is 19.7 Å². The Balaban J connectivity index is 1.29. The molecule has 2 aromatic carbocycles. The van der Waals surface area contributed by atoms with Crippen molar-refractivity contribution in [3.63, 3.8) is 0 Å². The fourth-order valence-corrected chi connectivity index (χ4v) is 4.47. The molecule has 0 unspecified atom stereocenters. The van der Waals surface area contributed by atoms with E-state index in [1.54, 1.807) is 30.3 Å². The van der Waals surface area contributed by atoms with E-state index >= 15 is 0 Å². The van der Waals surface area contributed by atoms with E-state index < -0.39 is 0 Å². The second-order valence-electron chi connectivity index (χ2n) is 9.14. The minimum absolute atomic E-state index is 0.250. The molecule has 1 atom stereocenters. The number of anilines is 3. The van der Waals surface area contributed by atoms with Crippen LogP contribution in [0.25, 0.3) is 11.1 Å². The van der Waals surface area contributed by atoms with E-state index in [-0.39, 0.29) is 6.10 Å². The van der Waals surface area contributed by atoms with Crippen molar-refractivity contribution in [1.29, 1.82) is 5.26 Å². The summed E-state index contributed by atoms with van der Waals surface area (Å²) >= 11 is 0. The summed E-state index contributed by atoms with van der Waals surface area (Å²) in [4.78, 5) is 11.4. The molecule has 4 aromatic rings.